The van der Waals surface area contributed by atoms with Crippen LogP contribution in [0.3, 0.4) is 0 Å². The summed E-state index contributed by atoms with van der Waals surface area (Å²) < 4.78 is 5.22. The molecule has 18 heavy (non-hydrogen) atoms. The molecule has 4 nitrogen and oxygen atoms in total. The molecule has 0 saturated carbocycles. The standard InChI is InChI=1S/C14H22N2O2/c1-18-13-4-2-3-12(9-13)10-16-7-5-14(17,11-15)6-8-16/h2-4,9,17H,5-8,10-11,15H2,1H3. The fraction of sp³-hybridized carbons (Fsp3) is 0.571. The van der Waals surface area contributed by atoms with Crippen LogP contribution in [-0.2, 0) is 6.54 Å². The van der Waals surface area contributed by atoms with E-state index in [0.29, 0.717) is 6.54 Å². The minimum absolute atomic E-state index is 0.361. The van der Waals surface area contributed by atoms with E-state index in [1.54, 1.807) is 7.11 Å². The summed E-state index contributed by atoms with van der Waals surface area (Å²) in [6, 6.07) is 8.12. The van der Waals surface area contributed by atoms with Crippen molar-refractivity contribution in [3.63, 3.8) is 0 Å². The third kappa shape index (κ3) is 3.22. The quantitative estimate of drug-likeness (QED) is 0.836. The Balaban J connectivity index is 1.91. The number of hydrogen-bond acceptors (Lipinski definition) is 4. The molecule has 0 bridgehead atoms. The van der Waals surface area contributed by atoms with E-state index >= 15 is 0 Å². The first-order chi connectivity index (χ1) is 8.65. The molecule has 0 unspecified atom stereocenters. The third-order valence-electron chi connectivity index (χ3n) is 3.71. The maximum absolute atomic E-state index is 10.1. The Morgan fingerprint density at radius 3 is 2.72 bits per heavy atom. The molecule has 1 aliphatic rings. The maximum atomic E-state index is 10.1. The molecule has 0 amide bonds. The van der Waals surface area contributed by atoms with E-state index in [1.807, 2.05) is 12.1 Å². The second-order valence-corrected chi connectivity index (χ2v) is 5.06. The summed E-state index contributed by atoms with van der Waals surface area (Å²) >= 11 is 0. The number of ether oxygens (including phenoxy) is 1. The van der Waals surface area contributed by atoms with Crippen molar-refractivity contribution in [3.05, 3.63) is 29.8 Å². The number of benzene rings is 1. The lowest BCUT2D eigenvalue weighted by Crippen LogP contribution is -2.48. The van der Waals surface area contributed by atoms with Gasteiger partial charge in [0.25, 0.3) is 0 Å². The van der Waals surface area contributed by atoms with Gasteiger partial charge in [-0.3, -0.25) is 4.90 Å². The van der Waals surface area contributed by atoms with Gasteiger partial charge in [0.2, 0.25) is 0 Å². The monoisotopic (exact) mass is 250 g/mol. The molecule has 0 atom stereocenters. The Hall–Kier alpha value is -1.10. The van der Waals surface area contributed by atoms with Crippen molar-refractivity contribution in [2.24, 2.45) is 5.73 Å². The minimum atomic E-state index is -0.648. The van der Waals surface area contributed by atoms with E-state index < -0.39 is 5.60 Å². The van der Waals surface area contributed by atoms with Crippen LogP contribution in [0.25, 0.3) is 0 Å². The highest BCUT2D eigenvalue weighted by Crippen LogP contribution is 2.23. The van der Waals surface area contributed by atoms with E-state index in [4.69, 9.17) is 10.5 Å². The van der Waals surface area contributed by atoms with Crippen molar-refractivity contribution in [1.29, 1.82) is 0 Å². The van der Waals surface area contributed by atoms with Crippen LogP contribution in [0, 0.1) is 0 Å². The average Bonchev–Trinajstić information content (AvgIpc) is 2.42. The van der Waals surface area contributed by atoms with Crippen LogP contribution in [-0.4, -0.2) is 42.4 Å². The molecule has 1 saturated heterocycles. The second kappa shape index (κ2) is 5.69. The Morgan fingerprint density at radius 2 is 2.11 bits per heavy atom. The van der Waals surface area contributed by atoms with Gasteiger partial charge in [0, 0.05) is 26.2 Å². The molecular formula is C14H22N2O2. The second-order valence-electron chi connectivity index (χ2n) is 5.06. The normalized spacial score (nSPS) is 19.7. The van der Waals surface area contributed by atoms with E-state index in [2.05, 4.69) is 17.0 Å². The Morgan fingerprint density at radius 1 is 1.39 bits per heavy atom. The molecule has 0 radical (unpaired) electrons. The van der Waals surface area contributed by atoms with Crippen LogP contribution in [0.2, 0.25) is 0 Å². The molecule has 1 aromatic carbocycles. The summed E-state index contributed by atoms with van der Waals surface area (Å²) in [5.41, 5.74) is 6.18. The van der Waals surface area contributed by atoms with Gasteiger partial charge in [0.15, 0.2) is 0 Å². The highest BCUT2D eigenvalue weighted by molar-refractivity contribution is 5.28. The van der Waals surface area contributed by atoms with Gasteiger partial charge in [-0.15, -0.1) is 0 Å². The van der Waals surface area contributed by atoms with Gasteiger partial charge in [-0.1, -0.05) is 12.1 Å². The third-order valence-corrected chi connectivity index (χ3v) is 3.71. The van der Waals surface area contributed by atoms with Crippen LogP contribution in [0.1, 0.15) is 18.4 Å². The summed E-state index contributed by atoms with van der Waals surface area (Å²) in [5.74, 6) is 0.892. The lowest BCUT2D eigenvalue weighted by atomic mass is 9.91. The predicted molar refractivity (Wildman–Crippen MR) is 71.5 cm³/mol. The summed E-state index contributed by atoms with van der Waals surface area (Å²) in [6.45, 7) is 3.05. The molecule has 3 N–H and O–H groups in total. The Kier molecular flexibility index (Phi) is 4.22. The molecule has 1 heterocycles. The Bertz CT molecular complexity index is 387. The van der Waals surface area contributed by atoms with Gasteiger partial charge in [-0.25, -0.2) is 0 Å². The van der Waals surface area contributed by atoms with Gasteiger partial charge in [-0.2, -0.15) is 0 Å². The van der Waals surface area contributed by atoms with Gasteiger partial charge in [-0.05, 0) is 30.5 Å². The molecule has 2 rings (SSSR count). The van der Waals surface area contributed by atoms with Crippen molar-refractivity contribution in [3.8, 4) is 5.75 Å². The van der Waals surface area contributed by atoms with Crippen LogP contribution in [0.5, 0.6) is 5.75 Å². The zero-order chi connectivity index (χ0) is 13.0. The van der Waals surface area contributed by atoms with Crippen LogP contribution >= 0.6 is 0 Å². The maximum Gasteiger partial charge on any atom is 0.119 e. The minimum Gasteiger partial charge on any atom is -0.497 e. The van der Waals surface area contributed by atoms with E-state index in [0.717, 1.165) is 38.2 Å². The lowest BCUT2D eigenvalue weighted by Gasteiger charge is -2.37. The van der Waals surface area contributed by atoms with E-state index in [1.165, 1.54) is 5.56 Å². The molecule has 0 aromatic heterocycles. The van der Waals surface area contributed by atoms with Crippen LogP contribution < -0.4 is 10.5 Å². The summed E-state index contributed by atoms with van der Waals surface area (Å²) in [7, 11) is 1.68. The van der Waals surface area contributed by atoms with Crippen LogP contribution in [0.4, 0.5) is 0 Å². The van der Waals surface area contributed by atoms with E-state index in [9.17, 15) is 5.11 Å². The van der Waals surface area contributed by atoms with Crippen molar-refractivity contribution in [2.45, 2.75) is 25.0 Å². The van der Waals surface area contributed by atoms with Crippen molar-refractivity contribution in [1.82, 2.24) is 4.90 Å². The molecule has 0 aliphatic carbocycles. The number of aliphatic hydroxyl groups is 1. The van der Waals surface area contributed by atoms with Gasteiger partial charge >= 0.3 is 0 Å². The van der Waals surface area contributed by atoms with Gasteiger partial charge < -0.3 is 15.6 Å². The molecule has 4 heteroatoms. The van der Waals surface area contributed by atoms with E-state index in [-0.39, 0.29) is 0 Å². The lowest BCUT2D eigenvalue weighted by molar-refractivity contribution is -0.0153. The first-order valence-corrected chi connectivity index (χ1v) is 6.43. The smallest absolute Gasteiger partial charge is 0.119 e. The zero-order valence-electron chi connectivity index (χ0n) is 10.9. The number of likely N-dealkylation sites (tertiary alicyclic amines) is 1. The molecule has 1 aromatic rings. The number of nitrogens with two attached hydrogens (primary N) is 1. The number of rotatable bonds is 4. The predicted octanol–water partition coefficient (Wildman–Crippen LogP) is 0.981. The number of nitrogens with zero attached hydrogens (tertiary/aromatic N) is 1. The number of methoxy groups -OCH3 is 1. The summed E-state index contributed by atoms with van der Waals surface area (Å²) in [4.78, 5) is 2.35. The summed E-state index contributed by atoms with van der Waals surface area (Å²) in [6.07, 6.45) is 1.51. The Labute approximate surface area is 108 Å². The summed E-state index contributed by atoms with van der Waals surface area (Å²) in [5, 5.41) is 10.1. The van der Waals surface area contributed by atoms with Crippen molar-refractivity contribution < 1.29 is 9.84 Å². The topological polar surface area (TPSA) is 58.7 Å². The molecule has 0 spiro atoms. The number of hydrogen-bond donors (Lipinski definition) is 2. The highest BCUT2D eigenvalue weighted by Gasteiger charge is 2.30. The van der Waals surface area contributed by atoms with Gasteiger partial charge in [0.1, 0.15) is 5.75 Å². The first kappa shape index (κ1) is 13.3. The van der Waals surface area contributed by atoms with Crippen molar-refractivity contribution in [2.75, 3.05) is 26.7 Å². The fourth-order valence-electron chi connectivity index (χ4n) is 2.36. The highest BCUT2D eigenvalue weighted by atomic mass is 16.5. The molecule has 1 aliphatic heterocycles. The van der Waals surface area contributed by atoms with Crippen LogP contribution in [0.15, 0.2) is 24.3 Å². The molecular weight excluding hydrogens is 228 g/mol. The fourth-order valence-corrected chi connectivity index (χ4v) is 2.36. The van der Waals surface area contributed by atoms with Gasteiger partial charge in [0.05, 0.1) is 12.7 Å². The largest absolute Gasteiger partial charge is 0.497 e. The zero-order valence-corrected chi connectivity index (χ0v) is 10.9. The molecule has 1 fully saturated rings. The molecule has 100 valence electrons. The average molecular weight is 250 g/mol. The SMILES string of the molecule is COc1cccc(CN2CCC(O)(CN)CC2)c1. The van der Waals surface area contributed by atoms with Crippen molar-refractivity contribution >= 4 is 0 Å². The first-order valence-electron chi connectivity index (χ1n) is 6.43. The number of piperidine rings is 1.